The van der Waals surface area contributed by atoms with Crippen LogP contribution in [0.3, 0.4) is 0 Å². The highest BCUT2D eigenvalue weighted by Crippen LogP contribution is 2.36. The van der Waals surface area contributed by atoms with Gasteiger partial charge in [0.1, 0.15) is 17.8 Å². The molecule has 1 saturated heterocycles. The molecule has 0 spiro atoms. The van der Waals surface area contributed by atoms with E-state index in [1.165, 1.54) is 17.3 Å². The highest BCUT2D eigenvalue weighted by molar-refractivity contribution is 5.86. The summed E-state index contributed by atoms with van der Waals surface area (Å²) in [7, 11) is 0. The minimum absolute atomic E-state index is 0.197. The minimum atomic E-state index is -4.53. The number of nitrogens with one attached hydrogen (secondary N) is 1. The summed E-state index contributed by atoms with van der Waals surface area (Å²) in [5, 5.41) is 13.0. The molecule has 3 aromatic rings. The molecule has 1 amide bonds. The van der Waals surface area contributed by atoms with Gasteiger partial charge in [0.25, 0.3) is 0 Å². The predicted octanol–water partition coefficient (Wildman–Crippen LogP) is 4.51. The van der Waals surface area contributed by atoms with Crippen LogP contribution in [0.25, 0.3) is 22.6 Å². The van der Waals surface area contributed by atoms with E-state index in [-0.39, 0.29) is 17.5 Å². The van der Waals surface area contributed by atoms with Crippen molar-refractivity contribution in [2.24, 2.45) is 5.41 Å². The van der Waals surface area contributed by atoms with Crippen LogP contribution in [0.1, 0.15) is 39.8 Å². The highest BCUT2D eigenvalue weighted by atomic mass is 19.4. The summed E-state index contributed by atoms with van der Waals surface area (Å²) < 4.78 is 40.6. The van der Waals surface area contributed by atoms with Crippen molar-refractivity contribution >= 4 is 23.1 Å². The molecule has 1 aliphatic rings. The molecular formula is C22H26F3N7O2. The Kier molecular flexibility index (Phi) is 5.86. The van der Waals surface area contributed by atoms with E-state index < -0.39 is 18.0 Å². The Bertz CT molecular complexity index is 1200. The van der Waals surface area contributed by atoms with Gasteiger partial charge in [-0.2, -0.15) is 13.2 Å². The van der Waals surface area contributed by atoms with Gasteiger partial charge in [-0.05, 0) is 30.9 Å². The van der Waals surface area contributed by atoms with Crippen LogP contribution in [0.15, 0.2) is 24.7 Å². The maximum atomic E-state index is 12.9. The third-order valence-electron chi connectivity index (χ3n) is 6.01. The second-order valence-corrected chi connectivity index (χ2v) is 9.33. The molecular weight excluding hydrogens is 451 g/mol. The molecule has 0 aliphatic carbocycles. The van der Waals surface area contributed by atoms with Crippen molar-refractivity contribution in [3.8, 4) is 11.4 Å². The Morgan fingerprint density at radius 3 is 2.50 bits per heavy atom. The van der Waals surface area contributed by atoms with E-state index in [9.17, 15) is 23.1 Å². The van der Waals surface area contributed by atoms with Gasteiger partial charge < -0.3 is 19.9 Å². The number of hydrogen-bond acceptors (Lipinski definition) is 6. The van der Waals surface area contributed by atoms with Crippen LogP contribution in [-0.2, 0) is 12.7 Å². The summed E-state index contributed by atoms with van der Waals surface area (Å²) in [6, 6.07) is 1.77. The maximum absolute atomic E-state index is 12.9. The first-order valence-electron chi connectivity index (χ1n) is 10.9. The number of amides is 1. The number of alkyl halides is 3. The van der Waals surface area contributed by atoms with Gasteiger partial charge in [0.2, 0.25) is 0 Å². The van der Waals surface area contributed by atoms with Crippen molar-refractivity contribution in [2.45, 2.75) is 58.9 Å². The second-order valence-electron chi connectivity index (χ2n) is 9.33. The first-order chi connectivity index (χ1) is 15.9. The Hall–Kier alpha value is -3.44. The third-order valence-corrected chi connectivity index (χ3v) is 6.01. The lowest BCUT2D eigenvalue weighted by Crippen LogP contribution is -2.49. The molecule has 1 aliphatic heterocycles. The van der Waals surface area contributed by atoms with Crippen molar-refractivity contribution in [3.63, 3.8) is 0 Å². The van der Waals surface area contributed by atoms with Gasteiger partial charge in [-0.15, -0.1) is 0 Å². The van der Waals surface area contributed by atoms with Crippen LogP contribution >= 0.6 is 0 Å². The highest BCUT2D eigenvalue weighted by Gasteiger charge is 2.44. The normalized spacial score (nSPS) is 19.1. The SMILES string of the molecule is CCn1c(-c2ccc(C(F)(F)F)nc2)nc2c(NC3CCN(C(=O)O)C3C(C)(C)C)ncnc21. The van der Waals surface area contributed by atoms with Gasteiger partial charge in [0, 0.05) is 24.8 Å². The van der Waals surface area contributed by atoms with Crippen LogP contribution in [-0.4, -0.2) is 59.2 Å². The van der Waals surface area contributed by atoms with Crippen LogP contribution < -0.4 is 5.32 Å². The molecule has 34 heavy (non-hydrogen) atoms. The molecule has 0 radical (unpaired) electrons. The number of nitrogens with zero attached hydrogens (tertiary/aromatic N) is 6. The number of fused-ring (bicyclic) bond motifs is 1. The Balaban J connectivity index is 1.73. The van der Waals surface area contributed by atoms with Gasteiger partial charge >= 0.3 is 12.3 Å². The first kappa shape index (κ1) is 23.7. The molecule has 2 N–H and O–H groups in total. The minimum Gasteiger partial charge on any atom is -0.465 e. The van der Waals surface area contributed by atoms with Crippen LogP contribution in [0, 0.1) is 5.41 Å². The van der Waals surface area contributed by atoms with Gasteiger partial charge in [-0.3, -0.25) is 4.98 Å². The van der Waals surface area contributed by atoms with Crippen molar-refractivity contribution in [1.29, 1.82) is 0 Å². The average molecular weight is 477 g/mol. The predicted molar refractivity (Wildman–Crippen MR) is 119 cm³/mol. The largest absolute Gasteiger partial charge is 0.465 e. The second kappa shape index (κ2) is 8.41. The zero-order valence-electron chi connectivity index (χ0n) is 19.3. The van der Waals surface area contributed by atoms with Crippen LogP contribution in [0.2, 0.25) is 0 Å². The molecule has 2 unspecified atom stereocenters. The Morgan fingerprint density at radius 2 is 1.94 bits per heavy atom. The van der Waals surface area contributed by atoms with Crippen LogP contribution in [0.4, 0.5) is 23.8 Å². The number of aromatic nitrogens is 5. The topological polar surface area (TPSA) is 109 Å². The lowest BCUT2D eigenvalue weighted by Gasteiger charge is -2.37. The molecule has 182 valence electrons. The third kappa shape index (κ3) is 4.24. The maximum Gasteiger partial charge on any atom is 0.433 e. The standard InChI is InChI=1S/C22H26F3N7O2/c1-5-31-18(12-6-7-14(26-10-12)22(23,24)25)30-15-17(27-11-28-19(15)31)29-13-8-9-32(20(33)34)16(13)21(2,3)4/h6-7,10-11,13,16H,5,8-9H2,1-4H3,(H,33,34)(H,27,28,29). The lowest BCUT2D eigenvalue weighted by atomic mass is 9.82. The van der Waals surface area contributed by atoms with E-state index in [1.807, 2.05) is 27.7 Å². The first-order valence-corrected chi connectivity index (χ1v) is 10.9. The molecule has 1 fully saturated rings. The number of anilines is 1. The van der Waals surface area contributed by atoms with Crippen molar-refractivity contribution < 1.29 is 23.1 Å². The number of aryl methyl sites for hydroxylation is 1. The zero-order chi connectivity index (χ0) is 24.8. The van der Waals surface area contributed by atoms with Gasteiger partial charge in [-0.25, -0.2) is 19.7 Å². The summed E-state index contributed by atoms with van der Waals surface area (Å²) in [6.45, 7) is 8.73. The fraction of sp³-hybridized carbons (Fsp3) is 0.500. The monoisotopic (exact) mass is 477 g/mol. The summed E-state index contributed by atoms with van der Waals surface area (Å²) in [5.41, 5.74) is 0.105. The van der Waals surface area contributed by atoms with Crippen molar-refractivity contribution in [3.05, 3.63) is 30.4 Å². The summed E-state index contributed by atoms with van der Waals surface area (Å²) >= 11 is 0. The van der Waals surface area contributed by atoms with E-state index >= 15 is 0 Å². The summed E-state index contributed by atoms with van der Waals surface area (Å²) in [6.07, 6.45) is -2.36. The number of rotatable bonds is 4. The number of carbonyl (C=O) groups is 1. The van der Waals surface area contributed by atoms with Gasteiger partial charge in [0.15, 0.2) is 17.0 Å². The fourth-order valence-electron chi connectivity index (χ4n) is 4.66. The molecule has 0 saturated carbocycles. The average Bonchev–Trinajstić information content (AvgIpc) is 3.35. The van der Waals surface area contributed by atoms with E-state index in [0.29, 0.717) is 47.9 Å². The summed E-state index contributed by atoms with van der Waals surface area (Å²) in [5.74, 6) is 0.873. The van der Waals surface area contributed by atoms with Crippen molar-refractivity contribution in [1.82, 2.24) is 29.4 Å². The molecule has 3 aromatic heterocycles. The molecule has 12 heteroatoms. The van der Waals surface area contributed by atoms with Crippen LogP contribution in [0.5, 0.6) is 0 Å². The number of halogens is 3. The number of imidazole rings is 1. The van der Waals surface area contributed by atoms with Gasteiger partial charge in [0.05, 0.1) is 12.1 Å². The van der Waals surface area contributed by atoms with Gasteiger partial charge in [-0.1, -0.05) is 20.8 Å². The molecule has 0 bridgehead atoms. The fourth-order valence-corrected chi connectivity index (χ4v) is 4.66. The Labute approximate surface area is 194 Å². The molecule has 9 nitrogen and oxygen atoms in total. The number of hydrogen-bond donors (Lipinski definition) is 2. The quantitative estimate of drug-likeness (QED) is 0.569. The van der Waals surface area contributed by atoms with E-state index in [4.69, 9.17) is 0 Å². The van der Waals surface area contributed by atoms with E-state index in [1.54, 1.807) is 4.57 Å². The Morgan fingerprint density at radius 1 is 1.21 bits per heavy atom. The molecule has 0 aromatic carbocycles. The number of carboxylic acid groups (broad SMARTS) is 1. The molecule has 4 heterocycles. The lowest BCUT2D eigenvalue weighted by molar-refractivity contribution is -0.141. The zero-order valence-corrected chi connectivity index (χ0v) is 19.3. The number of pyridine rings is 1. The number of likely N-dealkylation sites (tertiary alicyclic amines) is 1. The van der Waals surface area contributed by atoms with Crippen molar-refractivity contribution in [2.75, 3.05) is 11.9 Å². The smallest absolute Gasteiger partial charge is 0.433 e. The molecule has 2 atom stereocenters. The van der Waals surface area contributed by atoms with E-state index in [0.717, 1.165) is 12.3 Å². The summed E-state index contributed by atoms with van der Waals surface area (Å²) in [4.78, 5) is 30.1. The molecule has 4 rings (SSSR count). The van der Waals surface area contributed by atoms with E-state index in [2.05, 4.69) is 25.3 Å².